The van der Waals surface area contributed by atoms with E-state index in [0.29, 0.717) is 53.2 Å². The van der Waals surface area contributed by atoms with Gasteiger partial charge in [0.15, 0.2) is 11.5 Å². The third-order valence-electron chi connectivity index (χ3n) is 4.48. The first-order valence-corrected chi connectivity index (χ1v) is 10.00. The molecule has 29 heavy (non-hydrogen) atoms. The molecule has 3 rings (SSSR count). The first-order chi connectivity index (χ1) is 14.1. The fraction of sp³-hybridized carbons (Fsp3) is 0.217. The second-order valence-electron chi connectivity index (χ2n) is 6.53. The van der Waals surface area contributed by atoms with Crippen molar-refractivity contribution in [1.82, 2.24) is 5.32 Å². The molecule has 0 fully saturated rings. The second kappa shape index (κ2) is 10.5. The van der Waals surface area contributed by atoms with E-state index in [4.69, 9.17) is 32.7 Å². The number of rotatable bonds is 9. The van der Waals surface area contributed by atoms with Gasteiger partial charge in [-0.15, -0.1) is 0 Å². The molecule has 3 aromatic rings. The highest BCUT2D eigenvalue weighted by Gasteiger charge is 2.11. The summed E-state index contributed by atoms with van der Waals surface area (Å²) in [7, 11) is 1.59. The minimum absolute atomic E-state index is 0.184. The van der Waals surface area contributed by atoms with Crippen LogP contribution in [-0.4, -0.2) is 13.7 Å². The molecule has 0 aliphatic rings. The molecule has 0 saturated heterocycles. The number of nitrogens with one attached hydrogen (secondary N) is 1. The number of halogens is 3. The maximum atomic E-state index is 13.7. The molecule has 0 saturated carbocycles. The molecule has 0 aromatic heterocycles. The molecule has 152 valence electrons. The van der Waals surface area contributed by atoms with E-state index in [2.05, 4.69) is 5.32 Å². The lowest BCUT2D eigenvalue weighted by Crippen LogP contribution is -2.17. The zero-order chi connectivity index (χ0) is 20.6. The minimum atomic E-state index is -0.184. The molecular weight excluding hydrogens is 412 g/mol. The van der Waals surface area contributed by atoms with E-state index in [-0.39, 0.29) is 5.82 Å². The highest BCUT2D eigenvalue weighted by molar-refractivity contribution is 6.31. The van der Waals surface area contributed by atoms with Crippen LogP contribution in [0.15, 0.2) is 60.7 Å². The third-order valence-corrected chi connectivity index (χ3v) is 5.09. The molecule has 0 aliphatic heterocycles. The van der Waals surface area contributed by atoms with Gasteiger partial charge in [0, 0.05) is 22.7 Å². The average Bonchev–Trinajstić information content (AvgIpc) is 2.73. The van der Waals surface area contributed by atoms with Crippen LogP contribution in [0.3, 0.4) is 0 Å². The molecular formula is C23H22Cl2FNO2. The Kier molecular flexibility index (Phi) is 7.76. The normalized spacial score (nSPS) is 10.8. The Morgan fingerprint density at radius 1 is 0.931 bits per heavy atom. The van der Waals surface area contributed by atoms with Crippen LogP contribution in [0.4, 0.5) is 4.39 Å². The first kappa shape index (κ1) is 21.4. The Hall–Kier alpha value is -2.27. The molecule has 3 nitrogen and oxygen atoms in total. The van der Waals surface area contributed by atoms with Gasteiger partial charge >= 0.3 is 0 Å². The van der Waals surface area contributed by atoms with Crippen molar-refractivity contribution in [3.8, 4) is 11.5 Å². The number of hydrogen-bond acceptors (Lipinski definition) is 3. The van der Waals surface area contributed by atoms with Crippen molar-refractivity contribution in [1.29, 1.82) is 0 Å². The maximum absolute atomic E-state index is 13.7. The van der Waals surface area contributed by atoms with E-state index in [1.54, 1.807) is 25.3 Å². The summed E-state index contributed by atoms with van der Waals surface area (Å²) < 4.78 is 25.0. The van der Waals surface area contributed by atoms with Gasteiger partial charge in [-0.05, 0) is 53.9 Å². The Morgan fingerprint density at radius 2 is 1.69 bits per heavy atom. The van der Waals surface area contributed by atoms with Crippen LogP contribution < -0.4 is 14.8 Å². The molecule has 0 heterocycles. The standard InChI is InChI=1S/C23H22Cl2FNO2/c1-28-22-12-18(14-27-11-10-17-4-2-3-5-21(17)26)20(25)13-23(22)29-15-16-6-8-19(24)9-7-16/h2-9,12-13,27H,10-11,14-15H2,1H3. The van der Waals surface area contributed by atoms with E-state index < -0.39 is 0 Å². The molecule has 0 unspecified atom stereocenters. The van der Waals surface area contributed by atoms with Gasteiger partial charge in [-0.3, -0.25) is 0 Å². The van der Waals surface area contributed by atoms with Crippen molar-refractivity contribution < 1.29 is 13.9 Å². The quantitative estimate of drug-likeness (QED) is 0.416. The van der Waals surface area contributed by atoms with Gasteiger partial charge in [-0.25, -0.2) is 4.39 Å². The number of hydrogen-bond donors (Lipinski definition) is 1. The van der Waals surface area contributed by atoms with Crippen molar-refractivity contribution >= 4 is 23.2 Å². The fourth-order valence-electron chi connectivity index (χ4n) is 2.87. The summed E-state index contributed by atoms with van der Waals surface area (Å²) in [5.41, 5.74) is 2.57. The van der Waals surface area contributed by atoms with Gasteiger partial charge < -0.3 is 14.8 Å². The van der Waals surface area contributed by atoms with Gasteiger partial charge in [0.2, 0.25) is 0 Å². The van der Waals surface area contributed by atoms with Crippen molar-refractivity contribution in [2.45, 2.75) is 19.6 Å². The highest BCUT2D eigenvalue weighted by Crippen LogP contribution is 2.34. The van der Waals surface area contributed by atoms with Gasteiger partial charge in [-0.2, -0.15) is 0 Å². The number of benzene rings is 3. The van der Waals surface area contributed by atoms with E-state index in [9.17, 15) is 4.39 Å². The first-order valence-electron chi connectivity index (χ1n) is 9.24. The monoisotopic (exact) mass is 433 g/mol. The highest BCUT2D eigenvalue weighted by atomic mass is 35.5. The molecule has 0 spiro atoms. The van der Waals surface area contributed by atoms with E-state index >= 15 is 0 Å². The van der Waals surface area contributed by atoms with Gasteiger partial charge in [0.1, 0.15) is 12.4 Å². The summed E-state index contributed by atoms with van der Waals surface area (Å²) in [4.78, 5) is 0. The summed E-state index contributed by atoms with van der Waals surface area (Å²) in [6.45, 7) is 1.56. The second-order valence-corrected chi connectivity index (χ2v) is 7.37. The Balaban J connectivity index is 1.58. The van der Waals surface area contributed by atoms with E-state index in [0.717, 1.165) is 11.1 Å². The average molecular weight is 434 g/mol. The van der Waals surface area contributed by atoms with Crippen LogP contribution in [0, 0.1) is 5.82 Å². The summed E-state index contributed by atoms with van der Waals surface area (Å²) in [5.74, 6) is 0.994. The van der Waals surface area contributed by atoms with Crippen molar-refractivity contribution in [3.05, 3.63) is 93.2 Å². The topological polar surface area (TPSA) is 30.5 Å². The van der Waals surface area contributed by atoms with Crippen LogP contribution in [0.25, 0.3) is 0 Å². The summed E-state index contributed by atoms with van der Waals surface area (Å²) in [5, 5.41) is 4.55. The van der Waals surface area contributed by atoms with Crippen LogP contribution >= 0.6 is 23.2 Å². The third kappa shape index (κ3) is 6.10. The maximum Gasteiger partial charge on any atom is 0.163 e. The fourth-order valence-corrected chi connectivity index (χ4v) is 3.22. The van der Waals surface area contributed by atoms with Crippen LogP contribution in [0.2, 0.25) is 10.0 Å². The van der Waals surface area contributed by atoms with Crippen LogP contribution in [-0.2, 0) is 19.6 Å². The number of ether oxygens (including phenoxy) is 2. The van der Waals surface area contributed by atoms with Crippen LogP contribution in [0.1, 0.15) is 16.7 Å². The SMILES string of the molecule is COc1cc(CNCCc2ccccc2F)c(Cl)cc1OCc1ccc(Cl)cc1. The molecule has 0 radical (unpaired) electrons. The predicted molar refractivity (Wildman–Crippen MR) is 116 cm³/mol. The molecule has 0 amide bonds. The Labute approximate surface area is 180 Å². The molecule has 3 aromatic carbocycles. The molecule has 0 aliphatic carbocycles. The number of methoxy groups -OCH3 is 1. The van der Waals surface area contributed by atoms with Gasteiger partial charge in [-0.1, -0.05) is 53.5 Å². The largest absolute Gasteiger partial charge is 0.493 e. The molecule has 0 atom stereocenters. The minimum Gasteiger partial charge on any atom is -0.493 e. The predicted octanol–water partition coefficient (Wildman–Crippen LogP) is 6.05. The zero-order valence-corrected chi connectivity index (χ0v) is 17.6. The van der Waals surface area contributed by atoms with Crippen molar-refractivity contribution in [2.75, 3.05) is 13.7 Å². The summed E-state index contributed by atoms with van der Waals surface area (Å²) in [6.07, 6.45) is 0.601. The van der Waals surface area contributed by atoms with Gasteiger partial charge in [0.25, 0.3) is 0 Å². The Morgan fingerprint density at radius 3 is 2.41 bits per heavy atom. The molecule has 0 bridgehead atoms. The summed E-state index contributed by atoms with van der Waals surface area (Å²) in [6, 6.07) is 17.9. The lowest BCUT2D eigenvalue weighted by molar-refractivity contribution is 0.284. The van der Waals surface area contributed by atoms with Crippen LogP contribution in [0.5, 0.6) is 11.5 Å². The Bertz CT molecular complexity index is 948. The van der Waals surface area contributed by atoms with E-state index in [1.165, 1.54) is 6.07 Å². The van der Waals surface area contributed by atoms with Crippen molar-refractivity contribution in [3.63, 3.8) is 0 Å². The smallest absolute Gasteiger partial charge is 0.163 e. The lowest BCUT2D eigenvalue weighted by Gasteiger charge is -2.14. The van der Waals surface area contributed by atoms with Crippen molar-refractivity contribution in [2.24, 2.45) is 0 Å². The van der Waals surface area contributed by atoms with E-state index in [1.807, 2.05) is 36.4 Å². The lowest BCUT2D eigenvalue weighted by atomic mass is 10.1. The van der Waals surface area contributed by atoms with Gasteiger partial charge in [0.05, 0.1) is 7.11 Å². The zero-order valence-electron chi connectivity index (χ0n) is 16.1. The molecule has 1 N–H and O–H groups in total. The molecule has 6 heteroatoms. The summed E-state index contributed by atoms with van der Waals surface area (Å²) >= 11 is 12.3.